The maximum absolute atomic E-state index is 12.6. The molecule has 3 aromatic rings. The van der Waals surface area contributed by atoms with Crippen LogP contribution in [0, 0.1) is 0 Å². The van der Waals surface area contributed by atoms with Crippen molar-refractivity contribution in [3.8, 4) is 28.1 Å². The normalized spacial score (nSPS) is 10.9. The molecule has 0 unspecified atom stereocenters. The van der Waals surface area contributed by atoms with Crippen LogP contribution >= 0.6 is 11.6 Å². The van der Waals surface area contributed by atoms with Crippen molar-refractivity contribution >= 4 is 17.6 Å². The van der Waals surface area contributed by atoms with Crippen molar-refractivity contribution in [3.05, 3.63) is 53.9 Å². The average molecular weight is 400 g/mol. The fourth-order valence-corrected chi connectivity index (χ4v) is 2.94. The number of hydrogen-bond acceptors (Lipinski definition) is 5. The maximum Gasteiger partial charge on any atom is 0.342 e. The first kappa shape index (κ1) is 19.9. The Kier molecular flexibility index (Phi) is 6.28. The van der Waals surface area contributed by atoms with Crippen LogP contribution in [0.2, 0.25) is 5.02 Å². The zero-order chi connectivity index (χ0) is 20.1. The van der Waals surface area contributed by atoms with Gasteiger partial charge >= 0.3 is 6.03 Å². The summed E-state index contributed by atoms with van der Waals surface area (Å²) in [7, 11) is 5.48. The molecule has 7 nitrogen and oxygen atoms in total. The lowest BCUT2D eigenvalue weighted by atomic mass is 10.0. The topological polar surface area (TPSA) is 72.3 Å². The summed E-state index contributed by atoms with van der Waals surface area (Å²) in [6.45, 7) is 1.26. The minimum Gasteiger partial charge on any atom is -0.497 e. The molecule has 2 aromatic heterocycles. The van der Waals surface area contributed by atoms with E-state index < -0.39 is 0 Å². The molecule has 1 amide bonds. The largest absolute Gasteiger partial charge is 0.497 e. The monoisotopic (exact) mass is 399 g/mol. The number of aromatic nitrogens is 3. The Morgan fingerprint density at radius 2 is 1.96 bits per heavy atom. The van der Waals surface area contributed by atoms with E-state index in [9.17, 15) is 4.79 Å². The third kappa shape index (κ3) is 4.68. The molecule has 0 fully saturated rings. The first-order valence-corrected chi connectivity index (χ1v) is 9.13. The molecular weight excluding hydrogens is 378 g/mol. The highest BCUT2D eigenvalue weighted by Crippen LogP contribution is 2.34. The van der Waals surface area contributed by atoms with E-state index >= 15 is 0 Å². The van der Waals surface area contributed by atoms with Crippen molar-refractivity contribution in [2.75, 3.05) is 34.3 Å². The lowest BCUT2D eigenvalue weighted by Crippen LogP contribution is -2.34. The Morgan fingerprint density at radius 3 is 2.64 bits per heavy atom. The van der Waals surface area contributed by atoms with E-state index in [2.05, 4.69) is 15.4 Å². The second-order valence-corrected chi connectivity index (χ2v) is 6.92. The Labute approximate surface area is 168 Å². The van der Waals surface area contributed by atoms with Crippen LogP contribution in [0.1, 0.15) is 0 Å². The number of hydrogen-bond donors (Lipinski definition) is 1. The number of nitrogens with zero attached hydrogens (tertiary/aromatic N) is 4. The number of rotatable bonds is 6. The molecule has 0 aliphatic heterocycles. The van der Waals surface area contributed by atoms with Gasteiger partial charge in [0, 0.05) is 47.8 Å². The molecule has 8 heteroatoms. The molecule has 0 atom stereocenters. The fourth-order valence-electron chi connectivity index (χ4n) is 2.72. The minimum atomic E-state index is -0.294. The molecule has 1 aromatic carbocycles. The van der Waals surface area contributed by atoms with Crippen LogP contribution in [0.25, 0.3) is 22.4 Å². The Balaban J connectivity index is 2.02. The highest BCUT2D eigenvalue weighted by Gasteiger charge is 2.17. The summed E-state index contributed by atoms with van der Waals surface area (Å²) in [5, 5.41) is 7.92. The minimum absolute atomic E-state index is 0.294. The first-order chi connectivity index (χ1) is 13.5. The molecule has 3 rings (SSSR count). The van der Waals surface area contributed by atoms with Gasteiger partial charge in [-0.2, -0.15) is 9.78 Å². The Hall–Kier alpha value is -2.90. The van der Waals surface area contributed by atoms with Gasteiger partial charge in [0.1, 0.15) is 11.4 Å². The van der Waals surface area contributed by atoms with Crippen molar-refractivity contribution in [2.24, 2.45) is 0 Å². The van der Waals surface area contributed by atoms with E-state index in [-0.39, 0.29) is 6.03 Å². The molecule has 2 heterocycles. The number of likely N-dealkylation sites (N-methyl/N-ethyl adjacent to an activating group) is 1. The van der Waals surface area contributed by atoms with Crippen LogP contribution in [0.15, 0.2) is 48.9 Å². The molecule has 0 aliphatic rings. The SMILES string of the molecule is COc1cc(Cl)cc(-c2nn(C(=O)NCCN(C)C)cc2-c2ccncc2)c1. The quantitative estimate of drug-likeness (QED) is 0.687. The third-order valence-corrected chi connectivity index (χ3v) is 4.35. The summed E-state index contributed by atoms with van der Waals surface area (Å²) >= 11 is 6.24. The maximum atomic E-state index is 12.6. The van der Waals surface area contributed by atoms with Gasteiger partial charge in [-0.3, -0.25) is 4.98 Å². The summed E-state index contributed by atoms with van der Waals surface area (Å²) in [5.74, 6) is 0.619. The van der Waals surface area contributed by atoms with Crippen molar-refractivity contribution < 1.29 is 9.53 Å². The zero-order valence-electron chi connectivity index (χ0n) is 16.0. The standard InChI is InChI=1S/C20H22ClN5O2/c1-25(2)9-8-23-20(27)26-13-18(14-4-6-22-7-5-14)19(24-26)15-10-16(21)12-17(11-15)28-3/h4-7,10-13H,8-9H2,1-3H3,(H,23,27). The van der Waals surface area contributed by atoms with Gasteiger partial charge in [-0.05, 0) is 50.0 Å². The molecule has 0 saturated carbocycles. The molecule has 0 aliphatic carbocycles. The predicted molar refractivity (Wildman–Crippen MR) is 110 cm³/mol. The summed E-state index contributed by atoms with van der Waals surface area (Å²) in [6.07, 6.45) is 5.11. The second-order valence-electron chi connectivity index (χ2n) is 6.49. The van der Waals surface area contributed by atoms with Gasteiger partial charge in [-0.1, -0.05) is 11.6 Å². The molecule has 0 radical (unpaired) electrons. The summed E-state index contributed by atoms with van der Waals surface area (Å²) in [6, 6.07) is 8.81. The third-order valence-electron chi connectivity index (χ3n) is 4.13. The molecule has 1 N–H and O–H groups in total. The highest BCUT2D eigenvalue weighted by molar-refractivity contribution is 6.31. The van der Waals surface area contributed by atoms with Gasteiger partial charge in [-0.15, -0.1) is 0 Å². The zero-order valence-corrected chi connectivity index (χ0v) is 16.8. The van der Waals surface area contributed by atoms with Crippen molar-refractivity contribution in [1.29, 1.82) is 0 Å². The number of benzene rings is 1. The van der Waals surface area contributed by atoms with Gasteiger partial charge in [0.05, 0.1) is 7.11 Å². The van der Waals surface area contributed by atoms with Crippen LogP contribution in [0.4, 0.5) is 4.79 Å². The van der Waals surface area contributed by atoms with Crippen molar-refractivity contribution in [1.82, 2.24) is 25.0 Å². The molecule has 146 valence electrons. The van der Waals surface area contributed by atoms with Crippen LogP contribution in [-0.2, 0) is 0 Å². The van der Waals surface area contributed by atoms with E-state index in [1.54, 1.807) is 37.8 Å². The predicted octanol–water partition coefficient (Wildman–Crippen LogP) is 3.39. The number of pyridine rings is 1. The number of carbonyl (C=O) groups is 1. The van der Waals surface area contributed by atoms with Crippen LogP contribution in [0.5, 0.6) is 5.75 Å². The van der Waals surface area contributed by atoms with E-state index in [0.717, 1.165) is 23.2 Å². The van der Waals surface area contributed by atoms with Gasteiger partial charge in [-0.25, -0.2) is 4.79 Å². The number of ether oxygens (including phenoxy) is 1. The fraction of sp³-hybridized carbons (Fsp3) is 0.250. The highest BCUT2D eigenvalue weighted by atomic mass is 35.5. The number of halogens is 1. The van der Waals surface area contributed by atoms with Crippen LogP contribution < -0.4 is 10.1 Å². The number of methoxy groups -OCH3 is 1. The van der Waals surface area contributed by atoms with Crippen LogP contribution in [-0.4, -0.2) is 60.0 Å². The van der Waals surface area contributed by atoms with Crippen LogP contribution in [0.3, 0.4) is 0 Å². The van der Waals surface area contributed by atoms with Gasteiger partial charge < -0.3 is 15.0 Å². The van der Waals surface area contributed by atoms with Gasteiger partial charge in [0.2, 0.25) is 0 Å². The van der Waals surface area contributed by atoms with E-state index in [1.165, 1.54) is 4.68 Å². The average Bonchev–Trinajstić information content (AvgIpc) is 3.13. The molecule has 28 heavy (non-hydrogen) atoms. The molecule has 0 saturated heterocycles. The van der Waals surface area contributed by atoms with E-state index in [0.29, 0.717) is 23.0 Å². The Bertz CT molecular complexity index is 956. The number of amides is 1. The number of nitrogens with one attached hydrogen (secondary N) is 1. The van der Waals surface area contributed by atoms with Crippen molar-refractivity contribution in [2.45, 2.75) is 0 Å². The Morgan fingerprint density at radius 1 is 1.21 bits per heavy atom. The van der Waals surface area contributed by atoms with Gasteiger partial charge in [0.15, 0.2) is 0 Å². The smallest absolute Gasteiger partial charge is 0.342 e. The molecular formula is C20H22ClN5O2. The van der Waals surface area contributed by atoms with Crippen molar-refractivity contribution in [3.63, 3.8) is 0 Å². The second kappa shape index (κ2) is 8.86. The molecule has 0 bridgehead atoms. The lowest BCUT2D eigenvalue weighted by Gasteiger charge is -2.10. The van der Waals surface area contributed by atoms with Gasteiger partial charge in [0.25, 0.3) is 0 Å². The molecule has 0 spiro atoms. The van der Waals surface area contributed by atoms with E-state index in [1.807, 2.05) is 37.2 Å². The first-order valence-electron chi connectivity index (χ1n) is 8.76. The summed E-state index contributed by atoms with van der Waals surface area (Å²) in [4.78, 5) is 18.6. The summed E-state index contributed by atoms with van der Waals surface area (Å²) < 4.78 is 6.63. The lowest BCUT2D eigenvalue weighted by molar-refractivity contribution is 0.238. The van der Waals surface area contributed by atoms with E-state index in [4.69, 9.17) is 16.3 Å². The summed E-state index contributed by atoms with van der Waals surface area (Å²) in [5.41, 5.74) is 3.09. The number of carbonyl (C=O) groups excluding carboxylic acids is 1.